The van der Waals surface area contributed by atoms with Gasteiger partial charge in [-0.15, -0.1) is 24.0 Å². The van der Waals surface area contributed by atoms with Gasteiger partial charge in [-0.2, -0.15) is 18.3 Å². The Morgan fingerprint density at radius 2 is 1.78 bits per heavy atom. The van der Waals surface area contributed by atoms with Crippen molar-refractivity contribution in [1.82, 2.24) is 20.4 Å². The minimum Gasteiger partial charge on any atom is -0.356 e. The first-order chi connectivity index (χ1) is 12.2. The Bertz CT molecular complexity index is 767. The molecule has 2 rings (SSSR count). The van der Waals surface area contributed by atoms with Crippen LogP contribution in [0.2, 0.25) is 0 Å². The van der Waals surface area contributed by atoms with Gasteiger partial charge in [0.2, 0.25) is 0 Å². The molecule has 2 N–H and O–H groups in total. The average molecular weight is 495 g/mol. The van der Waals surface area contributed by atoms with Gasteiger partial charge in [0.1, 0.15) is 0 Å². The maximum atomic E-state index is 12.6. The SMILES string of the molecule is CN=C(NCCc1c(C)nn(C)c1C)NCc1ccc(C(F)(F)F)cc1.I. The highest BCUT2D eigenvalue weighted by atomic mass is 127. The van der Waals surface area contributed by atoms with Crippen molar-refractivity contribution in [3.8, 4) is 0 Å². The van der Waals surface area contributed by atoms with Gasteiger partial charge in [-0.25, -0.2) is 0 Å². The molecule has 1 aromatic heterocycles. The maximum Gasteiger partial charge on any atom is 0.416 e. The number of rotatable bonds is 5. The molecule has 0 aliphatic rings. The molecule has 27 heavy (non-hydrogen) atoms. The number of aryl methyl sites for hydroxylation is 2. The molecule has 0 radical (unpaired) electrons. The standard InChI is InChI=1S/C18H24F3N5.HI/c1-12-16(13(2)26(4)25-12)9-10-23-17(22-3)24-11-14-5-7-15(8-6-14)18(19,20)21;/h5-8H,9-11H2,1-4H3,(H2,22,23,24);1H. The van der Waals surface area contributed by atoms with E-state index >= 15 is 0 Å². The molecule has 0 saturated heterocycles. The lowest BCUT2D eigenvalue weighted by Gasteiger charge is -2.13. The molecular weight excluding hydrogens is 470 g/mol. The van der Waals surface area contributed by atoms with Crippen molar-refractivity contribution < 1.29 is 13.2 Å². The number of hydrogen-bond acceptors (Lipinski definition) is 2. The van der Waals surface area contributed by atoms with Crippen molar-refractivity contribution in [3.05, 3.63) is 52.3 Å². The van der Waals surface area contributed by atoms with Crippen molar-refractivity contribution in [2.24, 2.45) is 12.0 Å². The van der Waals surface area contributed by atoms with E-state index in [4.69, 9.17) is 0 Å². The van der Waals surface area contributed by atoms with E-state index in [2.05, 4.69) is 20.7 Å². The first-order valence-electron chi connectivity index (χ1n) is 8.32. The van der Waals surface area contributed by atoms with Crippen LogP contribution in [-0.4, -0.2) is 29.3 Å². The monoisotopic (exact) mass is 495 g/mol. The third-order valence-electron chi connectivity index (χ3n) is 4.29. The fourth-order valence-corrected chi connectivity index (χ4v) is 2.70. The summed E-state index contributed by atoms with van der Waals surface area (Å²) in [5.74, 6) is 0.601. The largest absolute Gasteiger partial charge is 0.416 e. The van der Waals surface area contributed by atoms with E-state index in [1.165, 1.54) is 17.7 Å². The molecule has 2 aromatic rings. The van der Waals surface area contributed by atoms with E-state index in [0.717, 1.165) is 35.5 Å². The van der Waals surface area contributed by atoms with Crippen molar-refractivity contribution in [3.63, 3.8) is 0 Å². The van der Waals surface area contributed by atoms with Crippen molar-refractivity contribution >= 4 is 29.9 Å². The number of guanidine groups is 1. The number of aliphatic imine (C=N–C) groups is 1. The third kappa shape index (κ3) is 6.40. The molecule has 1 heterocycles. The Kier molecular flexibility index (Phi) is 8.58. The second kappa shape index (κ2) is 9.95. The number of hydrogen-bond donors (Lipinski definition) is 2. The zero-order valence-corrected chi connectivity index (χ0v) is 18.1. The molecule has 9 heteroatoms. The van der Waals surface area contributed by atoms with E-state index in [1.807, 2.05) is 25.6 Å². The van der Waals surface area contributed by atoms with Crippen LogP contribution in [0, 0.1) is 13.8 Å². The van der Waals surface area contributed by atoms with Crippen LogP contribution in [0.5, 0.6) is 0 Å². The number of halogens is 4. The number of nitrogens with zero attached hydrogens (tertiary/aromatic N) is 3. The first kappa shape index (κ1) is 23.3. The summed E-state index contributed by atoms with van der Waals surface area (Å²) in [7, 11) is 3.58. The van der Waals surface area contributed by atoms with Crippen molar-refractivity contribution in [1.29, 1.82) is 0 Å². The summed E-state index contributed by atoms with van der Waals surface area (Å²) >= 11 is 0. The molecule has 0 spiro atoms. The van der Waals surface area contributed by atoms with Crippen LogP contribution in [0.25, 0.3) is 0 Å². The Balaban J connectivity index is 0.00000364. The highest BCUT2D eigenvalue weighted by Gasteiger charge is 2.29. The fourth-order valence-electron chi connectivity index (χ4n) is 2.70. The van der Waals surface area contributed by atoms with Gasteiger partial charge in [-0.1, -0.05) is 12.1 Å². The lowest BCUT2D eigenvalue weighted by Crippen LogP contribution is -2.37. The Hall–Kier alpha value is -1.78. The van der Waals surface area contributed by atoms with Gasteiger partial charge >= 0.3 is 6.18 Å². The number of aromatic nitrogens is 2. The predicted octanol–water partition coefficient (Wildman–Crippen LogP) is 3.58. The molecule has 0 aliphatic carbocycles. The van der Waals surface area contributed by atoms with Gasteiger partial charge in [0, 0.05) is 32.9 Å². The fraction of sp³-hybridized carbons (Fsp3) is 0.444. The number of benzene rings is 1. The molecule has 0 atom stereocenters. The average Bonchev–Trinajstić information content (AvgIpc) is 2.83. The number of alkyl halides is 3. The molecule has 0 saturated carbocycles. The summed E-state index contributed by atoms with van der Waals surface area (Å²) in [6, 6.07) is 5.10. The van der Waals surface area contributed by atoms with E-state index in [-0.39, 0.29) is 24.0 Å². The van der Waals surface area contributed by atoms with Crippen LogP contribution in [0.1, 0.15) is 28.1 Å². The van der Waals surface area contributed by atoms with Crippen molar-refractivity contribution in [2.45, 2.75) is 33.0 Å². The smallest absolute Gasteiger partial charge is 0.356 e. The third-order valence-corrected chi connectivity index (χ3v) is 4.29. The van der Waals surface area contributed by atoms with Gasteiger partial charge in [0.05, 0.1) is 11.3 Å². The molecule has 1 aromatic carbocycles. The molecular formula is C18H25F3IN5. The van der Waals surface area contributed by atoms with E-state index in [0.29, 0.717) is 19.0 Å². The van der Waals surface area contributed by atoms with E-state index < -0.39 is 11.7 Å². The lowest BCUT2D eigenvalue weighted by atomic mass is 10.1. The van der Waals surface area contributed by atoms with E-state index in [9.17, 15) is 13.2 Å². The normalized spacial score (nSPS) is 11.9. The predicted molar refractivity (Wildman–Crippen MR) is 111 cm³/mol. The van der Waals surface area contributed by atoms with Gasteiger partial charge in [-0.3, -0.25) is 9.67 Å². The van der Waals surface area contributed by atoms with Crippen LogP contribution in [0.15, 0.2) is 29.3 Å². The molecule has 5 nitrogen and oxygen atoms in total. The van der Waals surface area contributed by atoms with Gasteiger partial charge in [0.15, 0.2) is 5.96 Å². The molecule has 0 amide bonds. The summed E-state index contributed by atoms with van der Waals surface area (Å²) in [5.41, 5.74) is 3.46. The first-order valence-corrected chi connectivity index (χ1v) is 8.32. The topological polar surface area (TPSA) is 54.2 Å². The Morgan fingerprint density at radius 1 is 1.15 bits per heavy atom. The summed E-state index contributed by atoms with van der Waals surface area (Å²) in [6.07, 6.45) is -3.50. The highest BCUT2D eigenvalue weighted by molar-refractivity contribution is 14.0. The van der Waals surface area contributed by atoms with Crippen LogP contribution in [0.4, 0.5) is 13.2 Å². The zero-order valence-electron chi connectivity index (χ0n) is 15.8. The van der Waals surface area contributed by atoms with E-state index in [1.54, 1.807) is 7.05 Å². The molecule has 150 valence electrons. The van der Waals surface area contributed by atoms with Gasteiger partial charge in [0.25, 0.3) is 0 Å². The minimum absolute atomic E-state index is 0. The van der Waals surface area contributed by atoms with Gasteiger partial charge < -0.3 is 10.6 Å². The molecule has 0 fully saturated rings. The quantitative estimate of drug-likeness (QED) is 0.379. The summed E-state index contributed by atoms with van der Waals surface area (Å²) < 4.78 is 39.6. The van der Waals surface area contributed by atoms with Gasteiger partial charge in [-0.05, 0) is 43.5 Å². The summed E-state index contributed by atoms with van der Waals surface area (Å²) in [5, 5.41) is 10.7. The highest BCUT2D eigenvalue weighted by Crippen LogP contribution is 2.29. The van der Waals surface area contributed by atoms with Crippen LogP contribution >= 0.6 is 24.0 Å². The van der Waals surface area contributed by atoms with Crippen LogP contribution < -0.4 is 10.6 Å². The molecule has 0 bridgehead atoms. The Morgan fingerprint density at radius 3 is 2.26 bits per heavy atom. The van der Waals surface area contributed by atoms with Crippen molar-refractivity contribution in [2.75, 3.05) is 13.6 Å². The zero-order chi connectivity index (χ0) is 19.3. The minimum atomic E-state index is -4.31. The molecule has 0 unspecified atom stereocenters. The lowest BCUT2D eigenvalue weighted by molar-refractivity contribution is -0.137. The second-order valence-corrected chi connectivity index (χ2v) is 6.07. The molecule has 0 aliphatic heterocycles. The van der Waals surface area contributed by atoms with Crippen LogP contribution in [0.3, 0.4) is 0 Å². The Labute approximate surface area is 174 Å². The number of nitrogens with one attached hydrogen (secondary N) is 2. The summed E-state index contributed by atoms with van der Waals surface area (Å²) in [4.78, 5) is 4.13. The second-order valence-electron chi connectivity index (χ2n) is 6.07. The summed E-state index contributed by atoms with van der Waals surface area (Å²) in [6.45, 7) is 5.09. The van der Waals surface area contributed by atoms with Crippen LogP contribution in [-0.2, 0) is 26.2 Å². The maximum absolute atomic E-state index is 12.6.